The molecule has 104 valence electrons. The lowest BCUT2D eigenvalue weighted by Gasteiger charge is -2.29. The molecule has 1 aliphatic rings. The fraction of sp³-hybridized carbons (Fsp3) is 0.583. The molecular weight excluding hydrogens is 248 g/mol. The average Bonchev–Trinajstić information content (AvgIpc) is 2.74. The predicted octanol–water partition coefficient (Wildman–Crippen LogP) is 1.31. The molecule has 0 saturated heterocycles. The van der Waals surface area contributed by atoms with E-state index in [1.54, 1.807) is 11.9 Å². The average molecular weight is 266 g/mol. The largest absolute Gasteiger partial charge is 0.388 e. The molecule has 1 aliphatic carbocycles. The number of anilines is 2. The molecule has 1 fully saturated rings. The van der Waals surface area contributed by atoms with Gasteiger partial charge in [-0.3, -0.25) is 10.1 Å². The molecule has 0 bridgehead atoms. The maximum Gasteiger partial charge on any atom is 0.276 e. The number of hydrogen-bond donors (Lipinski definition) is 2. The smallest absolute Gasteiger partial charge is 0.276 e. The van der Waals surface area contributed by atoms with Gasteiger partial charge < -0.3 is 15.7 Å². The fourth-order valence-electron chi connectivity index (χ4n) is 2.54. The second-order valence-corrected chi connectivity index (χ2v) is 5.15. The summed E-state index contributed by atoms with van der Waals surface area (Å²) in [4.78, 5) is 16.1. The van der Waals surface area contributed by atoms with Gasteiger partial charge in [-0.2, -0.15) is 0 Å². The lowest BCUT2D eigenvalue weighted by atomic mass is 10.0. The molecule has 0 amide bonds. The molecule has 0 aliphatic heterocycles. The Kier molecular flexibility index (Phi) is 3.57. The number of nitrogens with two attached hydrogens (primary N) is 1. The lowest BCUT2D eigenvalue weighted by Crippen LogP contribution is -2.39. The molecule has 1 heterocycles. The van der Waals surface area contributed by atoms with Gasteiger partial charge in [-0.1, -0.05) is 12.8 Å². The third-order valence-electron chi connectivity index (χ3n) is 3.48. The molecule has 1 aromatic rings. The van der Waals surface area contributed by atoms with Gasteiger partial charge in [0.1, 0.15) is 11.6 Å². The predicted molar refractivity (Wildman–Crippen MR) is 72.0 cm³/mol. The van der Waals surface area contributed by atoms with Crippen LogP contribution in [0.5, 0.6) is 0 Å². The van der Waals surface area contributed by atoms with E-state index in [9.17, 15) is 15.2 Å². The summed E-state index contributed by atoms with van der Waals surface area (Å²) in [6.45, 7) is 0.403. The molecule has 0 aromatic carbocycles. The summed E-state index contributed by atoms with van der Waals surface area (Å²) in [6, 6.07) is 2.59. The van der Waals surface area contributed by atoms with E-state index in [4.69, 9.17) is 5.73 Å². The highest BCUT2D eigenvalue weighted by molar-refractivity contribution is 5.54. The minimum Gasteiger partial charge on any atom is -0.388 e. The molecular formula is C12H18N4O3. The summed E-state index contributed by atoms with van der Waals surface area (Å²) in [6.07, 6.45) is 3.52. The Labute approximate surface area is 111 Å². The molecule has 0 radical (unpaired) electrons. The summed E-state index contributed by atoms with van der Waals surface area (Å²) in [5, 5.41) is 21.1. The van der Waals surface area contributed by atoms with Crippen LogP contribution in [0.3, 0.4) is 0 Å². The zero-order valence-corrected chi connectivity index (χ0v) is 10.9. The molecule has 0 unspecified atom stereocenters. The van der Waals surface area contributed by atoms with Crippen LogP contribution in [0.1, 0.15) is 25.7 Å². The number of nitrogen functional groups attached to an aromatic ring is 1. The van der Waals surface area contributed by atoms with Crippen molar-refractivity contribution < 1.29 is 10.0 Å². The van der Waals surface area contributed by atoms with Crippen LogP contribution in [0.4, 0.5) is 17.3 Å². The van der Waals surface area contributed by atoms with Gasteiger partial charge in [-0.25, -0.2) is 4.98 Å². The highest BCUT2D eigenvalue weighted by atomic mass is 16.6. The first-order valence-corrected chi connectivity index (χ1v) is 6.25. The topological polar surface area (TPSA) is 106 Å². The summed E-state index contributed by atoms with van der Waals surface area (Å²) in [5.41, 5.74) is 4.75. The monoisotopic (exact) mass is 266 g/mol. The van der Waals surface area contributed by atoms with Crippen molar-refractivity contribution in [2.75, 3.05) is 24.2 Å². The summed E-state index contributed by atoms with van der Waals surface area (Å²) >= 11 is 0. The number of pyridine rings is 1. The van der Waals surface area contributed by atoms with E-state index in [0.717, 1.165) is 25.7 Å². The van der Waals surface area contributed by atoms with E-state index in [2.05, 4.69) is 4.98 Å². The summed E-state index contributed by atoms with van der Waals surface area (Å²) in [7, 11) is 1.75. The van der Waals surface area contributed by atoms with Gasteiger partial charge in [0.05, 0.1) is 22.7 Å². The highest BCUT2D eigenvalue weighted by Crippen LogP contribution is 2.31. The van der Waals surface area contributed by atoms with Crippen molar-refractivity contribution in [3.8, 4) is 0 Å². The number of hydrogen-bond acceptors (Lipinski definition) is 6. The molecule has 2 rings (SSSR count). The number of aliphatic hydroxyl groups is 1. The van der Waals surface area contributed by atoms with E-state index in [1.165, 1.54) is 12.1 Å². The second-order valence-electron chi connectivity index (χ2n) is 5.15. The Morgan fingerprint density at radius 2 is 2.16 bits per heavy atom. The zero-order chi connectivity index (χ0) is 14.0. The SMILES string of the molecule is CN(CC1(O)CCCC1)c1cc([N+](=O)[O-])cc(N)n1. The first-order valence-electron chi connectivity index (χ1n) is 6.25. The quantitative estimate of drug-likeness (QED) is 0.628. The first-order chi connectivity index (χ1) is 8.89. The van der Waals surface area contributed by atoms with Gasteiger partial charge in [-0.15, -0.1) is 0 Å². The van der Waals surface area contributed by atoms with Crippen molar-refractivity contribution in [1.29, 1.82) is 0 Å². The lowest BCUT2D eigenvalue weighted by molar-refractivity contribution is -0.384. The molecule has 0 spiro atoms. The maximum absolute atomic E-state index is 10.8. The third kappa shape index (κ3) is 3.11. The van der Waals surface area contributed by atoms with E-state index in [-0.39, 0.29) is 11.5 Å². The maximum atomic E-state index is 10.8. The van der Waals surface area contributed by atoms with Crippen molar-refractivity contribution in [3.05, 3.63) is 22.2 Å². The summed E-state index contributed by atoms with van der Waals surface area (Å²) < 4.78 is 0. The van der Waals surface area contributed by atoms with Crippen LogP contribution in [0.25, 0.3) is 0 Å². The number of aromatic nitrogens is 1. The van der Waals surface area contributed by atoms with Crippen molar-refractivity contribution in [2.45, 2.75) is 31.3 Å². The molecule has 1 aromatic heterocycles. The fourth-order valence-corrected chi connectivity index (χ4v) is 2.54. The Morgan fingerprint density at radius 1 is 1.53 bits per heavy atom. The Balaban J connectivity index is 2.18. The second kappa shape index (κ2) is 5.00. The Morgan fingerprint density at radius 3 is 2.74 bits per heavy atom. The van der Waals surface area contributed by atoms with Crippen LogP contribution in [0, 0.1) is 10.1 Å². The van der Waals surface area contributed by atoms with Crippen LogP contribution in [-0.2, 0) is 0 Å². The summed E-state index contributed by atoms with van der Waals surface area (Å²) in [5.74, 6) is 0.515. The minimum absolute atomic E-state index is 0.0900. The molecule has 7 heteroatoms. The van der Waals surface area contributed by atoms with Crippen LogP contribution in [0.2, 0.25) is 0 Å². The molecule has 0 atom stereocenters. The van der Waals surface area contributed by atoms with E-state index in [1.807, 2.05) is 0 Å². The van der Waals surface area contributed by atoms with E-state index < -0.39 is 10.5 Å². The molecule has 7 nitrogen and oxygen atoms in total. The van der Waals surface area contributed by atoms with Crippen LogP contribution in [0.15, 0.2) is 12.1 Å². The van der Waals surface area contributed by atoms with E-state index >= 15 is 0 Å². The van der Waals surface area contributed by atoms with Crippen LogP contribution < -0.4 is 10.6 Å². The van der Waals surface area contributed by atoms with Crippen molar-refractivity contribution in [1.82, 2.24) is 4.98 Å². The van der Waals surface area contributed by atoms with Gasteiger partial charge in [-0.05, 0) is 12.8 Å². The Hall–Kier alpha value is -1.89. The molecule has 1 saturated carbocycles. The highest BCUT2D eigenvalue weighted by Gasteiger charge is 2.32. The minimum atomic E-state index is -0.726. The van der Waals surface area contributed by atoms with Gasteiger partial charge in [0, 0.05) is 13.6 Å². The Bertz CT molecular complexity index is 486. The standard InChI is InChI=1S/C12H18N4O3/c1-15(8-12(17)4-2-3-5-12)11-7-9(16(18)19)6-10(13)14-11/h6-7,17H,2-5,8H2,1H3,(H2,13,14). The normalized spacial score (nSPS) is 17.4. The first kappa shape index (κ1) is 13.5. The van der Waals surface area contributed by atoms with Gasteiger partial charge in [0.25, 0.3) is 5.69 Å². The number of nitrogens with zero attached hydrogens (tertiary/aromatic N) is 3. The van der Waals surface area contributed by atoms with Gasteiger partial charge in [0.2, 0.25) is 0 Å². The van der Waals surface area contributed by atoms with Gasteiger partial charge >= 0.3 is 0 Å². The van der Waals surface area contributed by atoms with Crippen LogP contribution in [-0.4, -0.2) is 34.2 Å². The van der Waals surface area contributed by atoms with Crippen molar-refractivity contribution >= 4 is 17.3 Å². The van der Waals surface area contributed by atoms with Crippen LogP contribution >= 0.6 is 0 Å². The van der Waals surface area contributed by atoms with Gasteiger partial charge in [0.15, 0.2) is 0 Å². The zero-order valence-electron chi connectivity index (χ0n) is 10.9. The van der Waals surface area contributed by atoms with E-state index in [0.29, 0.717) is 12.4 Å². The van der Waals surface area contributed by atoms with Crippen molar-refractivity contribution in [2.24, 2.45) is 0 Å². The number of rotatable bonds is 4. The molecule has 3 N–H and O–H groups in total. The third-order valence-corrected chi connectivity index (χ3v) is 3.48. The molecule has 19 heavy (non-hydrogen) atoms. The number of nitro groups is 1. The van der Waals surface area contributed by atoms with Crippen molar-refractivity contribution in [3.63, 3.8) is 0 Å². The number of likely N-dealkylation sites (N-methyl/N-ethyl adjacent to an activating group) is 1.